The van der Waals surface area contributed by atoms with Gasteiger partial charge in [0.2, 0.25) is 0 Å². The van der Waals surface area contributed by atoms with Crippen LogP contribution in [0.3, 0.4) is 0 Å². The lowest BCUT2D eigenvalue weighted by atomic mass is 10.4. The van der Waals surface area contributed by atoms with Gasteiger partial charge in [-0.25, -0.2) is 14.8 Å². The molecule has 0 radical (unpaired) electrons. The second-order valence-electron chi connectivity index (χ2n) is 4.36. The van der Waals surface area contributed by atoms with Gasteiger partial charge >= 0.3 is 5.97 Å². The Hall–Kier alpha value is -2.55. The number of aromatic carboxylic acids is 1. The van der Waals surface area contributed by atoms with E-state index in [0.29, 0.717) is 18.7 Å². The molecular weight excluding hydrogens is 292 g/mol. The second kappa shape index (κ2) is 5.44. The average Bonchev–Trinajstić information content (AvgIpc) is 3.06. The molecule has 3 aromatic heterocycles. The highest BCUT2D eigenvalue weighted by molar-refractivity contribution is 7.09. The number of nitrogens with one attached hydrogen (secondary N) is 1. The van der Waals surface area contributed by atoms with Crippen LogP contribution in [0.2, 0.25) is 0 Å². The summed E-state index contributed by atoms with van der Waals surface area (Å²) in [6.45, 7) is 2.50. The number of carbonyl (C=O) groups is 1. The van der Waals surface area contributed by atoms with Crippen molar-refractivity contribution in [3.05, 3.63) is 34.2 Å². The van der Waals surface area contributed by atoms with E-state index in [1.54, 1.807) is 9.90 Å². The molecule has 9 heteroatoms. The van der Waals surface area contributed by atoms with Gasteiger partial charge in [0.1, 0.15) is 12.1 Å². The van der Waals surface area contributed by atoms with Crippen molar-refractivity contribution in [1.29, 1.82) is 0 Å². The molecule has 2 N–H and O–H groups in total. The minimum Gasteiger partial charge on any atom is -0.476 e. The van der Waals surface area contributed by atoms with Gasteiger partial charge in [-0.2, -0.15) is 14.6 Å². The number of nitrogens with zero attached hydrogens (tertiary/aromatic N) is 5. The highest BCUT2D eigenvalue weighted by atomic mass is 32.1. The Morgan fingerprint density at radius 2 is 2.33 bits per heavy atom. The van der Waals surface area contributed by atoms with Crippen LogP contribution in [-0.4, -0.2) is 42.2 Å². The first-order valence-electron chi connectivity index (χ1n) is 6.22. The molecule has 0 fully saturated rings. The van der Waals surface area contributed by atoms with Crippen molar-refractivity contribution < 1.29 is 9.90 Å². The number of aromatic nitrogens is 5. The maximum absolute atomic E-state index is 10.8. The molecule has 0 bridgehead atoms. The van der Waals surface area contributed by atoms with Gasteiger partial charge in [0.15, 0.2) is 5.69 Å². The van der Waals surface area contributed by atoms with E-state index in [-0.39, 0.29) is 5.69 Å². The van der Waals surface area contributed by atoms with Gasteiger partial charge in [-0.3, -0.25) is 0 Å². The number of thiazole rings is 1. The largest absolute Gasteiger partial charge is 0.476 e. The number of carboxylic acid groups (broad SMARTS) is 1. The Labute approximate surface area is 123 Å². The second-order valence-corrected chi connectivity index (χ2v) is 5.31. The predicted octanol–water partition coefficient (Wildman–Crippen LogP) is 1.24. The number of aryl methyl sites for hydroxylation is 1. The fraction of sp³-hybridized carbons (Fsp3) is 0.250. The number of carboxylic acids is 1. The quantitative estimate of drug-likeness (QED) is 0.730. The third-order valence-corrected chi connectivity index (χ3v) is 3.70. The summed E-state index contributed by atoms with van der Waals surface area (Å²) in [4.78, 5) is 23.1. The SMILES string of the molecule is Cc1cc(NCCc2nc(C(=O)O)cs2)n2ncnc2n1. The van der Waals surface area contributed by atoms with E-state index in [4.69, 9.17) is 5.11 Å². The molecule has 0 atom stereocenters. The van der Waals surface area contributed by atoms with Gasteiger partial charge in [0, 0.05) is 30.1 Å². The summed E-state index contributed by atoms with van der Waals surface area (Å²) in [5, 5.41) is 18.5. The Balaban J connectivity index is 1.68. The van der Waals surface area contributed by atoms with Gasteiger partial charge in [0.05, 0.1) is 5.01 Å². The Bertz CT molecular complexity index is 796. The van der Waals surface area contributed by atoms with E-state index in [0.717, 1.165) is 16.5 Å². The monoisotopic (exact) mass is 304 g/mol. The number of rotatable bonds is 5. The molecule has 0 aromatic carbocycles. The fourth-order valence-corrected chi connectivity index (χ4v) is 2.65. The summed E-state index contributed by atoms with van der Waals surface area (Å²) in [6.07, 6.45) is 2.09. The molecule has 21 heavy (non-hydrogen) atoms. The average molecular weight is 304 g/mol. The molecule has 0 saturated carbocycles. The summed E-state index contributed by atoms with van der Waals surface area (Å²) in [5.41, 5.74) is 0.939. The topological polar surface area (TPSA) is 105 Å². The van der Waals surface area contributed by atoms with Gasteiger partial charge in [-0.05, 0) is 6.92 Å². The predicted molar refractivity (Wildman–Crippen MR) is 76.8 cm³/mol. The van der Waals surface area contributed by atoms with Crippen LogP contribution >= 0.6 is 11.3 Å². The maximum atomic E-state index is 10.8. The third-order valence-electron chi connectivity index (χ3n) is 2.80. The minimum absolute atomic E-state index is 0.0911. The molecule has 0 aliphatic rings. The Kier molecular flexibility index (Phi) is 3.48. The highest BCUT2D eigenvalue weighted by Gasteiger charge is 2.09. The highest BCUT2D eigenvalue weighted by Crippen LogP contribution is 2.13. The van der Waals surface area contributed by atoms with Crippen molar-refractivity contribution in [2.75, 3.05) is 11.9 Å². The maximum Gasteiger partial charge on any atom is 0.355 e. The molecule has 0 spiro atoms. The number of hydrogen-bond acceptors (Lipinski definition) is 7. The molecule has 108 valence electrons. The van der Waals surface area contributed by atoms with Gasteiger partial charge in [-0.1, -0.05) is 0 Å². The zero-order chi connectivity index (χ0) is 14.8. The molecule has 8 nitrogen and oxygen atoms in total. The van der Waals surface area contributed by atoms with Crippen molar-refractivity contribution in [1.82, 2.24) is 24.6 Å². The van der Waals surface area contributed by atoms with Gasteiger partial charge < -0.3 is 10.4 Å². The molecule has 0 amide bonds. The van der Waals surface area contributed by atoms with Crippen LogP contribution in [0.4, 0.5) is 5.82 Å². The third kappa shape index (κ3) is 2.82. The molecule has 3 aromatic rings. The van der Waals surface area contributed by atoms with E-state index >= 15 is 0 Å². The lowest BCUT2D eigenvalue weighted by Gasteiger charge is -2.07. The minimum atomic E-state index is -1.00. The van der Waals surface area contributed by atoms with Crippen molar-refractivity contribution >= 4 is 28.9 Å². The number of anilines is 1. The van der Waals surface area contributed by atoms with E-state index in [1.165, 1.54) is 17.7 Å². The first-order valence-corrected chi connectivity index (χ1v) is 7.10. The molecule has 3 heterocycles. The fourth-order valence-electron chi connectivity index (χ4n) is 1.88. The zero-order valence-corrected chi connectivity index (χ0v) is 12.0. The molecule has 3 rings (SSSR count). The first kappa shape index (κ1) is 13.4. The van der Waals surface area contributed by atoms with Crippen LogP contribution in [0.15, 0.2) is 17.8 Å². The summed E-state index contributed by atoms with van der Waals surface area (Å²) < 4.78 is 1.62. The number of hydrogen-bond donors (Lipinski definition) is 2. The summed E-state index contributed by atoms with van der Waals surface area (Å²) in [5.74, 6) is 0.337. The van der Waals surface area contributed by atoms with Crippen molar-refractivity contribution in [2.45, 2.75) is 13.3 Å². The standard InChI is InChI=1S/C12H12N6O2S/c1-7-4-9(18-12(16-7)14-6-15-18)13-3-2-10-17-8(5-21-10)11(19)20/h4-6,13H,2-3H2,1H3,(H,19,20). The van der Waals surface area contributed by atoms with Crippen LogP contribution in [0.25, 0.3) is 5.78 Å². The van der Waals surface area contributed by atoms with Crippen molar-refractivity contribution in [2.24, 2.45) is 0 Å². The first-order chi connectivity index (χ1) is 10.1. The molecule has 0 saturated heterocycles. The van der Waals surface area contributed by atoms with Crippen LogP contribution in [0.5, 0.6) is 0 Å². The van der Waals surface area contributed by atoms with Crippen molar-refractivity contribution in [3.8, 4) is 0 Å². The smallest absolute Gasteiger partial charge is 0.355 e. The summed E-state index contributed by atoms with van der Waals surface area (Å²) >= 11 is 1.34. The van der Waals surface area contributed by atoms with Gasteiger partial charge in [0.25, 0.3) is 5.78 Å². The summed E-state index contributed by atoms with van der Waals surface area (Å²) in [6, 6.07) is 1.88. The van der Waals surface area contributed by atoms with E-state index in [2.05, 4.69) is 25.4 Å². The van der Waals surface area contributed by atoms with E-state index in [1.807, 2.05) is 13.0 Å². The lowest BCUT2D eigenvalue weighted by Crippen LogP contribution is -2.10. The van der Waals surface area contributed by atoms with Gasteiger partial charge in [-0.15, -0.1) is 11.3 Å². The van der Waals surface area contributed by atoms with Crippen LogP contribution in [-0.2, 0) is 6.42 Å². The molecule has 0 aliphatic carbocycles. The zero-order valence-electron chi connectivity index (χ0n) is 11.1. The molecule has 0 aliphatic heterocycles. The van der Waals surface area contributed by atoms with Crippen molar-refractivity contribution in [3.63, 3.8) is 0 Å². The Morgan fingerprint density at radius 1 is 1.48 bits per heavy atom. The van der Waals surface area contributed by atoms with E-state index in [9.17, 15) is 4.79 Å². The summed E-state index contributed by atoms with van der Waals surface area (Å²) in [7, 11) is 0. The van der Waals surface area contributed by atoms with Crippen LogP contribution < -0.4 is 5.32 Å². The lowest BCUT2D eigenvalue weighted by molar-refractivity contribution is 0.0691. The van der Waals surface area contributed by atoms with E-state index < -0.39 is 5.97 Å². The normalized spacial score (nSPS) is 10.9. The number of fused-ring (bicyclic) bond motifs is 1. The van der Waals surface area contributed by atoms with Crippen LogP contribution in [0, 0.1) is 6.92 Å². The molecule has 0 unspecified atom stereocenters. The Morgan fingerprint density at radius 3 is 3.10 bits per heavy atom. The molecular formula is C12H12N6O2S. The van der Waals surface area contributed by atoms with Crippen LogP contribution in [0.1, 0.15) is 21.2 Å².